The molecule has 4 N–H and O–H groups in total. The van der Waals surface area contributed by atoms with Crippen LogP contribution in [0.25, 0.3) is 0 Å². The number of nitrogens with zero attached hydrogens (tertiary/aromatic N) is 1. The predicted octanol–water partition coefficient (Wildman–Crippen LogP) is -0.704. The number of rotatable bonds is 4. The molecule has 0 bridgehead atoms. The molecule has 1 fully saturated rings. The second-order valence-corrected chi connectivity index (χ2v) is 4.33. The molecule has 2 unspecified atom stereocenters. The Morgan fingerprint density at radius 3 is 3.00 bits per heavy atom. The van der Waals surface area contributed by atoms with Gasteiger partial charge in [-0.25, -0.2) is 5.43 Å². The summed E-state index contributed by atoms with van der Waals surface area (Å²) >= 11 is 0. The van der Waals surface area contributed by atoms with Gasteiger partial charge >= 0.3 is 0 Å². The van der Waals surface area contributed by atoms with Gasteiger partial charge in [0.2, 0.25) is 5.91 Å². The lowest BCUT2D eigenvalue weighted by Gasteiger charge is -2.33. The molecule has 0 aromatic heterocycles. The zero-order valence-corrected chi connectivity index (χ0v) is 9.62. The number of hydrazine groups is 1. The van der Waals surface area contributed by atoms with Crippen molar-refractivity contribution in [1.29, 1.82) is 0 Å². The highest BCUT2D eigenvalue weighted by atomic mass is 16.2. The van der Waals surface area contributed by atoms with E-state index in [1.807, 2.05) is 0 Å². The Hall–Kier alpha value is -0.650. The van der Waals surface area contributed by atoms with Gasteiger partial charge in [-0.15, -0.1) is 0 Å². The van der Waals surface area contributed by atoms with Crippen molar-refractivity contribution < 1.29 is 4.79 Å². The first-order valence-electron chi connectivity index (χ1n) is 5.53. The lowest BCUT2D eigenvalue weighted by Crippen LogP contribution is -2.45. The summed E-state index contributed by atoms with van der Waals surface area (Å²) in [5.41, 5.74) is 11.2. The fourth-order valence-corrected chi connectivity index (χ4v) is 2.13. The fourth-order valence-electron chi connectivity index (χ4n) is 2.13. The standard InChI is InChI=1S/C10H22N4O/c1-12-13-10(15)6-9(11)8-4-3-5-14(2)7-8/h8-9,12H,3-7,11H2,1-2H3,(H,13,15). The van der Waals surface area contributed by atoms with Gasteiger partial charge in [0, 0.05) is 26.1 Å². The van der Waals surface area contributed by atoms with Crippen LogP contribution in [0.1, 0.15) is 19.3 Å². The van der Waals surface area contributed by atoms with E-state index in [2.05, 4.69) is 22.8 Å². The van der Waals surface area contributed by atoms with E-state index in [1.165, 1.54) is 6.42 Å². The third-order valence-corrected chi connectivity index (χ3v) is 2.95. The normalized spacial score (nSPS) is 24.9. The lowest BCUT2D eigenvalue weighted by atomic mass is 9.89. The third kappa shape index (κ3) is 4.15. The van der Waals surface area contributed by atoms with E-state index in [4.69, 9.17) is 5.73 Å². The number of hydrogen-bond donors (Lipinski definition) is 3. The van der Waals surface area contributed by atoms with Gasteiger partial charge in [0.25, 0.3) is 0 Å². The molecule has 1 heterocycles. The van der Waals surface area contributed by atoms with Crippen LogP contribution in [-0.4, -0.2) is 44.0 Å². The summed E-state index contributed by atoms with van der Waals surface area (Å²) in [5.74, 6) is 0.421. The summed E-state index contributed by atoms with van der Waals surface area (Å²) in [6, 6.07) is -0.0268. The molecular weight excluding hydrogens is 192 g/mol. The van der Waals surface area contributed by atoms with Crippen LogP contribution in [0.15, 0.2) is 0 Å². The number of piperidine rings is 1. The van der Waals surface area contributed by atoms with Crippen molar-refractivity contribution in [2.45, 2.75) is 25.3 Å². The van der Waals surface area contributed by atoms with E-state index in [9.17, 15) is 4.79 Å². The van der Waals surface area contributed by atoms with E-state index in [0.29, 0.717) is 12.3 Å². The maximum Gasteiger partial charge on any atom is 0.235 e. The van der Waals surface area contributed by atoms with Crippen LogP contribution in [0.3, 0.4) is 0 Å². The van der Waals surface area contributed by atoms with Gasteiger partial charge in [0.1, 0.15) is 0 Å². The number of hydrogen-bond acceptors (Lipinski definition) is 4. The van der Waals surface area contributed by atoms with E-state index < -0.39 is 0 Å². The van der Waals surface area contributed by atoms with E-state index in [1.54, 1.807) is 7.05 Å². The van der Waals surface area contributed by atoms with Crippen LogP contribution < -0.4 is 16.6 Å². The first-order valence-corrected chi connectivity index (χ1v) is 5.53. The van der Waals surface area contributed by atoms with Crippen molar-refractivity contribution >= 4 is 5.91 Å². The third-order valence-electron chi connectivity index (χ3n) is 2.95. The molecule has 0 aromatic rings. The molecule has 0 spiro atoms. The lowest BCUT2D eigenvalue weighted by molar-refractivity contribution is -0.122. The number of nitrogens with one attached hydrogen (secondary N) is 2. The summed E-state index contributed by atoms with van der Waals surface area (Å²) in [5, 5.41) is 0. The molecule has 0 saturated carbocycles. The van der Waals surface area contributed by atoms with Crippen molar-refractivity contribution in [1.82, 2.24) is 15.8 Å². The second kappa shape index (κ2) is 6.05. The smallest absolute Gasteiger partial charge is 0.235 e. The van der Waals surface area contributed by atoms with Crippen molar-refractivity contribution in [3.05, 3.63) is 0 Å². The molecule has 1 aliphatic heterocycles. The number of likely N-dealkylation sites (tertiary alicyclic amines) is 1. The van der Waals surface area contributed by atoms with Crippen LogP contribution in [0.2, 0.25) is 0 Å². The fraction of sp³-hybridized carbons (Fsp3) is 0.900. The molecule has 5 nitrogen and oxygen atoms in total. The molecule has 5 heteroatoms. The Kier molecular flexibility index (Phi) is 5.01. The second-order valence-electron chi connectivity index (χ2n) is 4.33. The minimum absolute atomic E-state index is 0.0268. The van der Waals surface area contributed by atoms with E-state index in [-0.39, 0.29) is 11.9 Å². The van der Waals surface area contributed by atoms with Crippen LogP contribution in [0.5, 0.6) is 0 Å². The van der Waals surface area contributed by atoms with Crippen molar-refractivity contribution in [3.63, 3.8) is 0 Å². The molecule has 1 aliphatic rings. The molecule has 1 rings (SSSR count). The minimum Gasteiger partial charge on any atom is -0.327 e. The molecule has 1 amide bonds. The SMILES string of the molecule is CNNC(=O)CC(N)C1CCCN(C)C1. The molecule has 0 aliphatic carbocycles. The average molecular weight is 214 g/mol. The van der Waals surface area contributed by atoms with E-state index >= 15 is 0 Å². The summed E-state index contributed by atoms with van der Waals surface area (Å²) in [6.45, 7) is 2.15. The van der Waals surface area contributed by atoms with Gasteiger partial charge in [-0.1, -0.05) is 0 Å². The highest BCUT2D eigenvalue weighted by Crippen LogP contribution is 2.19. The molecule has 15 heavy (non-hydrogen) atoms. The molecule has 88 valence electrons. The minimum atomic E-state index is -0.0294. The summed E-state index contributed by atoms with van der Waals surface area (Å²) in [6.07, 6.45) is 2.72. The Balaban J connectivity index is 2.32. The van der Waals surface area contributed by atoms with Crippen LogP contribution in [0, 0.1) is 5.92 Å². The first kappa shape index (κ1) is 12.4. The topological polar surface area (TPSA) is 70.4 Å². The molecule has 2 atom stereocenters. The average Bonchev–Trinajstić information content (AvgIpc) is 2.18. The monoisotopic (exact) mass is 214 g/mol. The van der Waals surface area contributed by atoms with Gasteiger partial charge in [0.05, 0.1) is 0 Å². The predicted molar refractivity (Wildman–Crippen MR) is 60.0 cm³/mol. The molecular formula is C10H22N4O. The Morgan fingerprint density at radius 1 is 1.67 bits per heavy atom. The number of nitrogens with two attached hydrogens (primary N) is 1. The van der Waals surface area contributed by atoms with E-state index in [0.717, 1.165) is 19.5 Å². The molecule has 1 saturated heterocycles. The highest BCUT2D eigenvalue weighted by Gasteiger charge is 2.24. The van der Waals surface area contributed by atoms with Crippen LogP contribution in [0.4, 0.5) is 0 Å². The Morgan fingerprint density at radius 2 is 2.40 bits per heavy atom. The maximum absolute atomic E-state index is 11.3. The van der Waals surface area contributed by atoms with Gasteiger partial charge in [-0.2, -0.15) is 0 Å². The van der Waals surface area contributed by atoms with Gasteiger partial charge in [-0.05, 0) is 32.4 Å². The largest absolute Gasteiger partial charge is 0.327 e. The van der Waals surface area contributed by atoms with Crippen LogP contribution >= 0.6 is 0 Å². The molecule has 0 aromatic carbocycles. The summed E-state index contributed by atoms with van der Waals surface area (Å²) < 4.78 is 0. The summed E-state index contributed by atoms with van der Waals surface area (Å²) in [4.78, 5) is 13.6. The van der Waals surface area contributed by atoms with Crippen molar-refractivity contribution in [2.75, 3.05) is 27.2 Å². The zero-order chi connectivity index (χ0) is 11.3. The first-order chi connectivity index (χ1) is 7.13. The van der Waals surface area contributed by atoms with Gasteiger partial charge in [-0.3, -0.25) is 10.2 Å². The Bertz CT molecular complexity index is 210. The van der Waals surface area contributed by atoms with Crippen molar-refractivity contribution in [3.8, 4) is 0 Å². The maximum atomic E-state index is 11.3. The quantitative estimate of drug-likeness (QED) is 0.541. The number of amides is 1. The van der Waals surface area contributed by atoms with Gasteiger partial charge in [0.15, 0.2) is 0 Å². The van der Waals surface area contributed by atoms with Gasteiger partial charge < -0.3 is 10.6 Å². The number of carbonyl (C=O) groups excluding carboxylic acids is 1. The zero-order valence-electron chi connectivity index (χ0n) is 9.62. The van der Waals surface area contributed by atoms with Crippen LogP contribution in [-0.2, 0) is 4.79 Å². The summed E-state index contributed by atoms with van der Waals surface area (Å²) in [7, 11) is 3.78. The molecule has 0 radical (unpaired) electrons. The number of carbonyl (C=O) groups is 1. The Labute approximate surface area is 91.3 Å². The highest BCUT2D eigenvalue weighted by molar-refractivity contribution is 5.75. The van der Waals surface area contributed by atoms with Crippen molar-refractivity contribution in [2.24, 2.45) is 11.7 Å².